The summed E-state index contributed by atoms with van der Waals surface area (Å²) in [4.78, 5) is 2.88. The Kier molecular flexibility index (Phi) is 1.42. The highest BCUT2D eigenvalue weighted by atomic mass is 16.5. The highest BCUT2D eigenvalue weighted by Crippen LogP contribution is 2.18. The van der Waals surface area contributed by atoms with Crippen LogP contribution in [0.25, 0.3) is 11.3 Å². The highest BCUT2D eigenvalue weighted by Gasteiger charge is 2.05. The summed E-state index contributed by atoms with van der Waals surface area (Å²) in [5.74, 6) is 0.604. The summed E-state index contributed by atoms with van der Waals surface area (Å²) in [5.41, 5.74) is 1.19. The molecule has 2 aromatic heterocycles. The molecule has 2 rings (SSSR count). The second-order valence-electron chi connectivity index (χ2n) is 2.29. The average molecular weight is 159 g/mol. The Labute approximate surface area is 68.4 Å². The predicted octanol–water partition coefficient (Wildman–Crippen LogP) is 1.54. The lowest BCUT2D eigenvalue weighted by Crippen LogP contribution is -1.65. The fourth-order valence-corrected chi connectivity index (χ4v) is 0.941. The number of hydrogen-bond donors (Lipinski definition) is 1. The van der Waals surface area contributed by atoms with Crippen LogP contribution in [-0.2, 0) is 0 Å². The van der Waals surface area contributed by atoms with Crippen LogP contribution < -0.4 is 0 Å². The van der Waals surface area contributed by atoms with Crippen molar-refractivity contribution in [1.29, 1.82) is 5.26 Å². The van der Waals surface area contributed by atoms with Crippen LogP contribution in [0.5, 0.6) is 0 Å². The fraction of sp³-hybridized carbons (Fsp3) is 0. The largest absolute Gasteiger partial charge is 0.367 e. The molecule has 0 fully saturated rings. The third kappa shape index (κ3) is 0.974. The van der Waals surface area contributed by atoms with Crippen LogP contribution in [0, 0.1) is 11.3 Å². The molecule has 0 aliphatic carbocycles. The molecule has 0 aromatic carbocycles. The SMILES string of the molecule is N#Cc1cc(-c2cc[nH]c2)on1. The van der Waals surface area contributed by atoms with E-state index in [1.807, 2.05) is 12.1 Å². The summed E-state index contributed by atoms with van der Waals surface area (Å²) in [6.45, 7) is 0. The minimum absolute atomic E-state index is 0.297. The molecule has 12 heavy (non-hydrogen) atoms. The zero-order valence-electron chi connectivity index (χ0n) is 6.11. The topological polar surface area (TPSA) is 65.6 Å². The smallest absolute Gasteiger partial charge is 0.184 e. The first-order valence-corrected chi connectivity index (χ1v) is 3.40. The lowest BCUT2D eigenvalue weighted by molar-refractivity contribution is 0.430. The van der Waals surface area contributed by atoms with Crippen molar-refractivity contribution in [2.75, 3.05) is 0 Å². The van der Waals surface area contributed by atoms with Crippen LogP contribution in [-0.4, -0.2) is 10.1 Å². The fourth-order valence-electron chi connectivity index (χ4n) is 0.941. The van der Waals surface area contributed by atoms with Gasteiger partial charge in [0.2, 0.25) is 0 Å². The molecule has 4 nitrogen and oxygen atoms in total. The molecular formula is C8H5N3O. The Morgan fingerprint density at radius 2 is 2.50 bits per heavy atom. The number of aromatic nitrogens is 2. The molecule has 0 unspecified atom stereocenters. The van der Waals surface area contributed by atoms with Crippen molar-refractivity contribution in [3.8, 4) is 17.4 Å². The monoisotopic (exact) mass is 159 g/mol. The van der Waals surface area contributed by atoms with Crippen molar-refractivity contribution in [1.82, 2.24) is 10.1 Å². The van der Waals surface area contributed by atoms with Crippen molar-refractivity contribution in [2.45, 2.75) is 0 Å². The van der Waals surface area contributed by atoms with E-state index in [9.17, 15) is 0 Å². The van der Waals surface area contributed by atoms with Gasteiger partial charge in [0, 0.05) is 24.0 Å². The lowest BCUT2D eigenvalue weighted by atomic mass is 10.2. The summed E-state index contributed by atoms with van der Waals surface area (Å²) >= 11 is 0. The third-order valence-electron chi connectivity index (χ3n) is 1.51. The first kappa shape index (κ1) is 6.68. The Hall–Kier alpha value is -2.02. The molecule has 0 radical (unpaired) electrons. The lowest BCUT2D eigenvalue weighted by Gasteiger charge is -1.82. The van der Waals surface area contributed by atoms with E-state index in [4.69, 9.17) is 9.78 Å². The molecule has 0 spiro atoms. The van der Waals surface area contributed by atoms with Gasteiger partial charge in [-0.25, -0.2) is 0 Å². The maximum Gasteiger partial charge on any atom is 0.184 e. The van der Waals surface area contributed by atoms with Gasteiger partial charge in [0.25, 0.3) is 0 Å². The number of rotatable bonds is 1. The maximum atomic E-state index is 8.47. The Balaban J connectivity index is 2.44. The van der Waals surface area contributed by atoms with Gasteiger partial charge < -0.3 is 9.51 Å². The van der Waals surface area contributed by atoms with Crippen LogP contribution in [0.4, 0.5) is 0 Å². The number of H-pyrrole nitrogens is 1. The molecule has 2 heterocycles. The Morgan fingerprint density at radius 3 is 3.08 bits per heavy atom. The summed E-state index contributed by atoms with van der Waals surface area (Å²) in [6.07, 6.45) is 3.56. The van der Waals surface area contributed by atoms with Gasteiger partial charge in [0.05, 0.1) is 0 Å². The van der Waals surface area contributed by atoms with Crippen LogP contribution >= 0.6 is 0 Å². The number of nitrogens with zero attached hydrogens (tertiary/aromatic N) is 2. The van der Waals surface area contributed by atoms with Gasteiger partial charge in [0.15, 0.2) is 11.5 Å². The van der Waals surface area contributed by atoms with E-state index >= 15 is 0 Å². The van der Waals surface area contributed by atoms with Gasteiger partial charge in [0.1, 0.15) is 6.07 Å². The minimum Gasteiger partial charge on any atom is -0.367 e. The average Bonchev–Trinajstić information content (AvgIpc) is 2.75. The van der Waals surface area contributed by atoms with Crippen LogP contribution in [0.1, 0.15) is 5.69 Å². The van der Waals surface area contributed by atoms with E-state index in [1.165, 1.54) is 0 Å². The van der Waals surface area contributed by atoms with Gasteiger partial charge in [-0.1, -0.05) is 5.16 Å². The quantitative estimate of drug-likeness (QED) is 0.686. The van der Waals surface area contributed by atoms with E-state index in [0.29, 0.717) is 11.5 Å². The second-order valence-corrected chi connectivity index (χ2v) is 2.29. The molecule has 0 bridgehead atoms. The molecule has 0 aliphatic rings. The standard InChI is InChI=1S/C8H5N3O/c9-4-7-3-8(12-11-7)6-1-2-10-5-6/h1-3,5,10H. The molecule has 4 heteroatoms. The molecular weight excluding hydrogens is 154 g/mol. The first-order valence-electron chi connectivity index (χ1n) is 3.40. The van der Waals surface area contributed by atoms with E-state index < -0.39 is 0 Å². The number of nitriles is 1. The van der Waals surface area contributed by atoms with Crippen molar-refractivity contribution in [3.05, 3.63) is 30.2 Å². The van der Waals surface area contributed by atoms with Crippen molar-refractivity contribution < 1.29 is 4.52 Å². The normalized spacial score (nSPS) is 9.58. The molecule has 1 N–H and O–H groups in total. The molecule has 0 saturated heterocycles. The van der Waals surface area contributed by atoms with Crippen LogP contribution in [0.15, 0.2) is 29.0 Å². The predicted molar refractivity (Wildman–Crippen MR) is 41.0 cm³/mol. The van der Waals surface area contributed by atoms with E-state index in [0.717, 1.165) is 5.56 Å². The van der Waals surface area contributed by atoms with Crippen molar-refractivity contribution >= 4 is 0 Å². The van der Waals surface area contributed by atoms with Gasteiger partial charge in [-0.2, -0.15) is 5.26 Å². The second kappa shape index (κ2) is 2.55. The molecule has 2 aromatic rings. The number of nitrogens with one attached hydrogen (secondary N) is 1. The van der Waals surface area contributed by atoms with Gasteiger partial charge >= 0.3 is 0 Å². The van der Waals surface area contributed by atoms with Gasteiger partial charge in [-0.3, -0.25) is 0 Å². The molecule has 0 amide bonds. The van der Waals surface area contributed by atoms with Crippen molar-refractivity contribution in [3.63, 3.8) is 0 Å². The number of hydrogen-bond acceptors (Lipinski definition) is 3. The Morgan fingerprint density at radius 1 is 1.58 bits per heavy atom. The van der Waals surface area contributed by atoms with E-state index in [2.05, 4.69) is 10.1 Å². The van der Waals surface area contributed by atoms with Crippen molar-refractivity contribution in [2.24, 2.45) is 0 Å². The molecule has 0 aliphatic heterocycles. The number of aromatic amines is 1. The van der Waals surface area contributed by atoms with Gasteiger partial charge in [-0.15, -0.1) is 0 Å². The third-order valence-corrected chi connectivity index (χ3v) is 1.51. The van der Waals surface area contributed by atoms with E-state index in [-0.39, 0.29) is 0 Å². The van der Waals surface area contributed by atoms with Crippen LogP contribution in [0.3, 0.4) is 0 Å². The first-order chi connectivity index (χ1) is 5.90. The van der Waals surface area contributed by atoms with Gasteiger partial charge in [-0.05, 0) is 6.07 Å². The molecule has 58 valence electrons. The highest BCUT2D eigenvalue weighted by molar-refractivity contribution is 5.56. The summed E-state index contributed by atoms with van der Waals surface area (Å²) < 4.78 is 4.91. The summed E-state index contributed by atoms with van der Waals surface area (Å²) in [6, 6.07) is 5.34. The maximum absolute atomic E-state index is 8.47. The van der Waals surface area contributed by atoms with E-state index in [1.54, 1.807) is 18.5 Å². The zero-order chi connectivity index (χ0) is 8.39. The molecule has 0 atom stereocenters. The van der Waals surface area contributed by atoms with Crippen LogP contribution in [0.2, 0.25) is 0 Å². The zero-order valence-corrected chi connectivity index (χ0v) is 6.11. The Bertz CT molecular complexity index is 408. The summed E-state index contributed by atoms with van der Waals surface area (Å²) in [7, 11) is 0. The molecule has 0 saturated carbocycles. The minimum atomic E-state index is 0.297. The summed E-state index contributed by atoms with van der Waals surface area (Å²) in [5, 5.41) is 12.0.